The smallest absolute Gasteiger partial charge is 0.416 e. The van der Waals surface area contributed by atoms with E-state index in [2.05, 4.69) is 5.32 Å². The van der Waals surface area contributed by atoms with Gasteiger partial charge in [0.1, 0.15) is 23.2 Å². The molecule has 1 unspecified atom stereocenters. The van der Waals surface area contributed by atoms with Crippen LogP contribution < -0.4 is 5.32 Å². The predicted octanol–water partition coefficient (Wildman–Crippen LogP) is 5.14. The number of halogens is 4. The number of benzene rings is 1. The van der Waals surface area contributed by atoms with Gasteiger partial charge in [-0.3, -0.25) is 0 Å². The lowest BCUT2D eigenvalue weighted by molar-refractivity contribution is -0.139. The molecule has 0 saturated carbocycles. The second kappa shape index (κ2) is 8.36. The number of carbonyl (C=O) groups is 2. The van der Waals surface area contributed by atoms with Crippen LogP contribution >= 0.6 is 11.6 Å². The molecule has 1 aromatic heterocycles. The lowest BCUT2D eigenvalue weighted by Crippen LogP contribution is -2.44. The van der Waals surface area contributed by atoms with Crippen LogP contribution in [0, 0.1) is 0 Å². The van der Waals surface area contributed by atoms with E-state index in [1.54, 1.807) is 20.8 Å². The number of alkyl halides is 3. The number of furan rings is 1. The van der Waals surface area contributed by atoms with Crippen molar-refractivity contribution in [3.05, 3.63) is 46.7 Å². The number of rotatable bonds is 5. The third-order valence-corrected chi connectivity index (χ3v) is 3.94. The van der Waals surface area contributed by atoms with E-state index in [0.29, 0.717) is 0 Å². The van der Waals surface area contributed by atoms with Gasteiger partial charge < -0.3 is 19.6 Å². The molecule has 0 bridgehead atoms. The molecule has 2 rings (SSSR count). The van der Waals surface area contributed by atoms with Gasteiger partial charge in [0.2, 0.25) is 0 Å². The lowest BCUT2D eigenvalue weighted by Gasteiger charge is -2.21. The van der Waals surface area contributed by atoms with Crippen molar-refractivity contribution in [2.24, 2.45) is 0 Å². The van der Waals surface area contributed by atoms with Gasteiger partial charge in [0.25, 0.3) is 0 Å². The molecule has 0 radical (unpaired) electrons. The highest BCUT2D eigenvalue weighted by Crippen LogP contribution is 2.36. The fraction of sp³-hybridized carbons (Fsp3) is 0.368. The highest BCUT2D eigenvalue weighted by molar-refractivity contribution is 6.33. The summed E-state index contributed by atoms with van der Waals surface area (Å²) in [6, 6.07) is 4.22. The largest absolute Gasteiger partial charge is 0.480 e. The van der Waals surface area contributed by atoms with Gasteiger partial charge in [0.05, 0.1) is 10.6 Å². The molecular formula is C19H19ClF3NO5. The normalized spacial score (nSPS) is 13.1. The quantitative estimate of drug-likeness (QED) is 0.681. The molecule has 0 aliphatic rings. The van der Waals surface area contributed by atoms with Crippen LogP contribution in [0.2, 0.25) is 5.02 Å². The van der Waals surface area contributed by atoms with Crippen molar-refractivity contribution in [3.63, 3.8) is 0 Å². The number of carboxylic acids is 1. The van der Waals surface area contributed by atoms with Gasteiger partial charge in [-0.1, -0.05) is 11.6 Å². The molecule has 29 heavy (non-hydrogen) atoms. The summed E-state index contributed by atoms with van der Waals surface area (Å²) in [6.07, 6.45) is -5.72. The van der Waals surface area contributed by atoms with Crippen LogP contribution in [0.3, 0.4) is 0 Å². The Hall–Kier alpha value is -2.68. The van der Waals surface area contributed by atoms with Crippen molar-refractivity contribution in [3.8, 4) is 11.3 Å². The average Bonchev–Trinajstić information content (AvgIpc) is 3.00. The molecule has 0 aliphatic heterocycles. The zero-order valence-corrected chi connectivity index (χ0v) is 16.5. The maximum Gasteiger partial charge on any atom is 0.416 e. The van der Waals surface area contributed by atoms with Crippen molar-refractivity contribution in [1.29, 1.82) is 0 Å². The Morgan fingerprint density at radius 3 is 2.41 bits per heavy atom. The summed E-state index contributed by atoms with van der Waals surface area (Å²) >= 11 is 5.98. The highest BCUT2D eigenvalue weighted by atomic mass is 35.5. The van der Waals surface area contributed by atoms with Gasteiger partial charge in [0, 0.05) is 12.0 Å². The Bertz CT molecular complexity index is 902. The molecule has 158 valence electrons. The summed E-state index contributed by atoms with van der Waals surface area (Å²) in [4.78, 5) is 23.2. The summed E-state index contributed by atoms with van der Waals surface area (Å²) in [5, 5.41) is 11.6. The average molecular weight is 434 g/mol. The molecule has 1 aromatic carbocycles. The maximum atomic E-state index is 12.9. The van der Waals surface area contributed by atoms with Crippen LogP contribution in [0.15, 0.2) is 34.7 Å². The first kappa shape index (κ1) is 22.6. The standard InChI is InChI=1S/C19H19ClF3NO5/c1-18(2,3)29-17(27)24-14(16(25)26)9-11-5-7-15(28-11)12-8-10(19(21,22)23)4-6-13(12)20/h4-8,14H,9H2,1-3H3,(H,24,27)(H,25,26). The van der Waals surface area contributed by atoms with Crippen molar-refractivity contribution >= 4 is 23.7 Å². The summed E-state index contributed by atoms with van der Waals surface area (Å²) in [7, 11) is 0. The molecule has 1 amide bonds. The lowest BCUT2D eigenvalue weighted by atomic mass is 10.1. The van der Waals surface area contributed by atoms with Crippen molar-refractivity contribution in [2.75, 3.05) is 0 Å². The Kier molecular flexibility index (Phi) is 6.52. The van der Waals surface area contributed by atoms with Gasteiger partial charge in [-0.15, -0.1) is 0 Å². The molecule has 2 aromatic rings. The molecule has 0 fully saturated rings. The van der Waals surface area contributed by atoms with Crippen LogP contribution in [-0.2, 0) is 22.1 Å². The van der Waals surface area contributed by atoms with Crippen molar-refractivity contribution in [2.45, 2.75) is 45.0 Å². The number of aliphatic carboxylic acids is 1. The summed E-state index contributed by atoms with van der Waals surface area (Å²) in [5.41, 5.74) is -1.70. The summed E-state index contributed by atoms with van der Waals surface area (Å²) in [6.45, 7) is 4.87. The van der Waals surface area contributed by atoms with E-state index in [9.17, 15) is 27.9 Å². The Morgan fingerprint density at radius 1 is 1.21 bits per heavy atom. The zero-order chi connectivity index (χ0) is 22.0. The van der Waals surface area contributed by atoms with Crippen LogP contribution in [0.25, 0.3) is 11.3 Å². The topological polar surface area (TPSA) is 88.8 Å². The number of ether oxygens (including phenoxy) is 1. The maximum absolute atomic E-state index is 12.9. The number of hydrogen-bond acceptors (Lipinski definition) is 4. The second-order valence-corrected chi connectivity index (χ2v) is 7.61. The fourth-order valence-electron chi connectivity index (χ4n) is 2.37. The zero-order valence-electron chi connectivity index (χ0n) is 15.8. The van der Waals surface area contributed by atoms with E-state index in [0.717, 1.165) is 18.2 Å². The van der Waals surface area contributed by atoms with Crippen LogP contribution in [0.1, 0.15) is 32.1 Å². The molecule has 10 heteroatoms. The second-order valence-electron chi connectivity index (χ2n) is 7.20. The molecule has 0 spiro atoms. The third-order valence-electron chi connectivity index (χ3n) is 3.62. The first-order valence-corrected chi connectivity index (χ1v) is 8.82. The van der Waals surface area contributed by atoms with Crippen LogP contribution in [0.5, 0.6) is 0 Å². The minimum Gasteiger partial charge on any atom is -0.480 e. The first-order valence-electron chi connectivity index (χ1n) is 8.44. The Labute approximate surface area is 169 Å². The fourth-order valence-corrected chi connectivity index (χ4v) is 2.58. The highest BCUT2D eigenvalue weighted by Gasteiger charge is 2.31. The monoisotopic (exact) mass is 433 g/mol. The molecule has 2 N–H and O–H groups in total. The summed E-state index contributed by atoms with van der Waals surface area (Å²) in [5.74, 6) is -1.15. The van der Waals surface area contributed by atoms with E-state index in [1.807, 2.05) is 0 Å². The molecule has 1 atom stereocenters. The minimum atomic E-state index is -4.56. The van der Waals surface area contributed by atoms with E-state index in [1.165, 1.54) is 12.1 Å². The SMILES string of the molecule is CC(C)(C)OC(=O)NC(Cc1ccc(-c2cc(C(F)(F)F)ccc2Cl)o1)C(=O)O. The van der Waals surface area contributed by atoms with E-state index >= 15 is 0 Å². The summed E-state index contributed by atoms with van der Waals surface area (Å²) < 4.78 is 49.3. The molecule has 0 aliphatic carbocycles. The van der Waals surface area contributed by atoms with E-state index < -0.39 is 35.4 Å². The number of alkyl carbamates (subject to hydrolysis) is 1. The number of amides is 1. The number of hydrogen-bond donors (Lipinski definition) is 2. The Morgan fingerprint density at radius 2 is 1.86 bits per heavy atom. The number of carbonyl (C=O) groups excluding carboxylic acids is 1. The van der Waals surface area contributed by atoms with Crippen molar-refractivity contribution in [1.82, 2.24) is 5.32 Å². The Balaban J connectivity index is 2.20. The third kappa shape index (κ3) is 6.42. The van der Waals surface area contributed by atoms with Gasteiger partial charge in [-0.25, -0.2) is 9.59 Å². The van der Waals surface area contributed by atoms with Gasteiger partial charge in [-0.2, -0.15) is 13.2 Å². The van der Waals surface area contributed by atoms with Gasteiger partial charge >= 0.3 is 18.2 Å². The van der Waals surface area contributed by atoms with E-state index in [-0.39, 0.29) is 28.5 Å². The van der Waals surface area contributed by atoms with Gasteiger partial charge in [-0.05, 0) is 51.1 Å². The molecular weight excluding hydrogens is 415 g/mol. The number of nitrogens with one attached hydrogen (secondary N) is 1. The molecule has 6 nitrogen and oxygen atoms in total. The van der Waals surface area contributed by atoms with Crippen molar-refractivity contribution < 1.29 is 37.0 Å². The first-order chi connectivity index (χ1) is 13.3. The molecule has 1 heterocycles. The van der Waals surface area contributed by atoms with Crippen LogP contribution in [0.4, 0.5) is 18.0 Å². The minimum absolute atomic E-state index is 0.0136. The van der Waals surface area contributed by atoms with Crippen LogP contribution in [-0.4, -0.2) is 28.8 Å². The van der Waals surface area contributed by atoms with Gasteiger partial charge in [0.15, 0.2) is 0 Å². The predicted molar refractivity (Wildman–Crippen MR) is 98.7 cm³/mol. The number of carboxylic acid groups (broad SMARTS) is 1. The van der Waals surface area contributed by atoms with E-state index in [4.69, 9.17) is 20.8 Å². The molecule has 0 saturated heterocycles.